The fourth-order valence-corrected chi connectivity index (χ4v) is 2.30. The summed E-state index contributed by atoms with van der Waals surface area (Å²) in [5, 5.41) is 5.84. The fourth-order valence-electron chi connectivity index (χ4n) is 2.30. The Kier molecular flexibility index (Phi) is 3.24. The number of ether oxygens (including phenoxy) is 1. The van der Waals surface area contributed by atoms with Gasteiger partial charge in [0, 0.05) is 0 Å². The maximum absolute atomic E-state index is 11.5. The van der Waals surface area contributed by atoms with Crippen LogP contribution in [0.3, 0.4) is 0 Å². The molecule has 2 rings (SSSR count). The Morgan fingerprint density at radius 2 is 2.40 bits per heavy atom. The second kappa shape index (κ2) is 4.65. The summed E-state index contributed by atoms with van der Waals surface area (Å²) in [5.41, 5.74) is 0. The Morgan fingerprint density at radius 1 is 1.53 bits per heavy atom. The fraction of sp³-hybridized carbons (Fsp3) is 0.727. The van der Waals surface area contributed by atoms with Crippen LogP contribution < -0.4 is 10.6 Å². The molecule has 2 aliphatic heterocycles. The van der Waals surface area contributed by atoms with Gasteiger partial charge in [0.1, 0.15) is 0 Å². The van der Waals surface area contributed by atoms with Crippen LogP contribution in [0.4, 0.5) is 0 Å². The number of carbonyl (C=O) groups is 1. The second-order valence-electron chi connectivity index (χ2n) is 4.09. The molecule has 82 valence electrons. The van der Waals surface area contributed by atoms with Crippen molar-refractivity contribution in [3.8, 4) is 12.3 Å². The molecule has 4 heteroatoms. The number of hydrogen-bond donors (Lipinski definition) is 2. The van der Waals surface area contributed by atoms with E-state index in [1.807, 2.05) is 0 Å². The highest BCUT2D eigenvalue weighted by Crippen LogP contribution is 2.34. The quantitative estimate of drug-likeness (QED) is 0.490. The molecule has 3 atom stereocenters. The van der Waals surface area contributed by atoms with Crippen LogP contribution in [0.5, 0.6) is 0 Å². The number of nitrogens with one attached hydrogen (secondary N) is 2. The highest BCUT2D eigenvalue weighted by molar-refractivity contribution is 5.78. The maximum atomic E-state index is 11.5. The summed E-state index contributed by atoms with van der Waals surface area (Å²) in [6, 6.07) is 0.212. The number of fused-ring (bicyclic) bond motifs is 2. The Balaban J connectivity index is 1.69. The van der Waals surface area contributed by atoms with Gasteiger partial charge in [-0.05, 0) is 19.3 Å². The van der Waals surface area contributed by atoms with Gasteiger partial charge in [-0.2, -0.15) is 0 Å². The minimum absolute atomic E-state index is 0.00593. The van der Waals surface area contributed by atoms with Gasteiger partial charge in [0.25, 0.3) is 0 Å². The summed E-state index contributed by atoms with van der Waals surface area (Å²) in [4.78, 5) is 11.5. The van der Waals surface area contributed by atoms with E-state index in [-0.39, 0.29) is 24.6 Å². The third-order valence-electron chi connectivity index (χ3n) is 2.97. The van der Waals surface area contributed by atoms with Crippen molar-refractivity contribution in [1.29, 1.82) is 0 Å². The molecule has 1 amide bonds. The Labute approximate surface area is 89.8 Å². The summed E-state index contributed by atoms with van der Waals surface area (Å²) >= 11 is 0. The third-order valence-corrected chi connectivity index (χ3v) is 2.97. The van der Waals surface area contributed by atoms with Crippen molar-refractivity contribution in [3.05, 3.63) is 0 Å². The number of amides is 1. The summed E-state index contributed by atoms with van der Waals surface area (Å²) in [5.74, 6) is 2.43. The lowest BCUT2D eigenvalue weighted by Crippen LogP contribution is -2.45. The average molecular weight is 208 g/mol. The van der Waals surface area contributed by atoms with Gasteiger partial charge in [0.2, 0.25) is 5.91 Å². The van der Waals surface area contributed by atoms with Gasteiger partial charge in [0.15, 0.2) is 0 Å². The molecule has 2 N–H and O–H groups in total. The van der Waals surface area contributed by atoms with Crippen LogP contribution in [0.2, 0.25) is 0 Å². The van der Waals surface area contributed by atoms with Crippen LogP contribution in [-0.2, 0) is 9.53 Å². The maximum Gasteiger partial charge on any atom is 0.234 e. The smallest absolute Gasteiger partial charge is 0.234 e. The first-order chi connectivity index (χ1) is 7.29. The standard InChI is InChI=1S/C11H16N2O2/c1-2-5-12-7-11(14)13-9-6-8-3-4-10(9)15-8/h1,8-10,12H,3-7H2,(H,13,14). The van der Waals surface area contributed by atoms with E-state index in [9.17, 15) is 4.79 Å². The summed E-state index contributed by atoms with van der Waals surface area (Å²) in [6.45, 7) is 0.721. The third kappa shape index (κ3) is 2.49. The summed E-state index contributed by atoms with van der Waals surface area (Å²) in [6.07, 6.45) is 8.87. The van der Waals surface area contributed by atoms with Crippen molar-refractivity contribution in [2.24, 2.45) is 0 Å². The Morgan fingerprint density at radius 3 is 3.00 bits per heavy atom. The first-order valence-corrected chi connectivity index (χ1v) is 5.38. The minimum Gasteiger partial charge on any atom is -0.373 e. The van der Waals surface area contributed by atoms with Crippen LogP contribution in [0, 0.1) is 12.3 Å². The predicted molar refractivity (Wildman–Crippen MR) is 56.1 cm³/mol. The Hall–Kier alpha value is -1.05. The minimum atomic E-state index is 0.00593. The van der Waals surface area contributed by atoms with Crippen LogP contribution in [0.1, 0.15) is 19.3 Å². The van der Waals surface area contributed by atoms with Gasteiger partial charge in [-0.1, -0.05) is 5.92 Å². The zero-order valence-electron chi connectivity index (χ0n) is 8.66. The number of hydrogen-bond acceptors (Lipinski definition) is 3. The van der Waals surface area contributed by atoms with Crippen LogP contribution in [0.15, 0.2) is 0 Å². The molecule has 0 aliphatic carbocycles. The molecule has 2 aliphatic rings. The van der Waals surface area contributed by atoms with E-state index >= 15 is 0 Å². The molecule has 0 radical (unpaired) electrons. The van der Waals surface area contributed by atoms with Crippen LogP contribution >= 0.6 is 0 Å². The molecule has 0 saturated carbocycles. The molecule has 15 heavy (non-hydrogen) atoms. The number of terminal acetylenes is 1. The van der Waals surface area contributed by atoms with Crippen molar-refractivity contribution < 1.29 is 9.53 Å². The highest BCUT2D eigenvalue weighted by Gasteiger charge is 2.41. The summed E-state index contributed by atoms with van der Waals surface area (Å²) in [7, 11) is 0. The lowest BCUT2D eigenvalue weighted by molar-refractivity contribution is -0.121. The van der Waals surface area contributed by atoms with E-state index in [1.165, 1.54) is 0 Å². The van der Waals surface area contributed by atoms with E-state index in [1.54, 1.807) is 0 Å². The van der Waals surface area contributed by atoms with E-state index < -0.39 is 0 Å². The summed E-state index contributed by atoms with van der Waals surface area (Å²) < 4.78 is 5.64. The van der Waals surface area contributed by atoms with Crippen molar-refractivity contribution in [2.45, 2.75) is 37.5 Å². The lowest BCUT2D eigenvalue weighted by atomic mass is 9.95. The molecule has 0 aromatic carbocycles. The first-order valence-electron chi connectivity index (χ1n) is 5.38. The molecule has 2 heterocycles. The van der Waals surface area contributed by atoms with Crippen molar-refractivity contribution in [3.63, 3.8) is 0 Å². The SMILES string of the molecule is C#CCNCC(=O)NC1CC2CCC1O2. The molecule has 3 unspecified atom stereocenters. The molecule has 0 aromatic heterocycles. The van der Waals surface area contributed by atoms with Crippen molar-refractivity contribution in [1.82, 2.24) is 10.6 Å². The van der Waals surface area contributed by atoms with Gasteiger partial charge in [-0.25, -0.2) is 0 Å². The van der Waals surface area contributed by atoms with Gasteiger partial charge in [-0.15, -0.1) is 6.42 Å². The largest absolute Gasteiger partial charge is 0.373 e. The molecule has 2 bridgehead atoms. The van der Waals surface area contributed by atoms with E-state index in [2.05, 4.69) is 16.6 Å². The Bertz CT molecular complexity index is 285. The molecule has 4 nitrogen and oxygen atoms in total. The molecule has 0 aromatic rings. The predicted octanol–water partition coefficient (Wildman–Crippen LogP) is -0.355. The molecule has 2 fully saturated rings. The van der Waals surface area contributed by atoms with Gasteiger partial charge < -0.3 is 10.1 Å². The van der Waals surface area contributed by atoms with E-state index in [0.717, 1.165) is 19.3 Å². The van der Waals surface area contributed by atoms with E-state index in [4.69, 9.17) is 11.2 Å². The van der Waals surface area contributed by atoms with E-state index in [0.29, 0.717) is 12.6 Å². The molecular formula is C11H16N2O2. The van der Waals surface area contributed by atoms with Gasteiger partial charge in [-0.3, -0.25) is 10.1 Å². The number of carbonyl (C=O) groups excluding carboxylic acids is 1. The average Bonchev–Trinajstić information content (AvgIpc) is 2.79. The topological polar surface area (TPSA) is 50.4 Å². The highest BCUT2D eigenvalue weighted by atomic mass is 16.5. The monoisotopic (exact) mass is 208 g/mol. The van der Waals surface area contributed by atoms with Crippen molar-refractivity contribution >= 4 is 5.91 Å². The zero-order chi connectivity index (χ0) is 10.7. The molecular weight excluding hydrogens is 192 g/mol. The molecule has 2 saturated heterocycles. The van der Waals surface area contributed by atoms with Gasteiger partial charge in [0.05, 0.1) is 31.3 Å². The van der Waals surface area contributed by atoms with Crippen LogP contribution in [0.25, 0.3) is 0 Å². The molecule has 0 spiro atoms. The van der Waals surface area contributed by atoms with Gasteiger partial charge >= 0.3 is 0 Å². The zero-order valence-corrected chi connectivity index (χ0v) is 8.66. The normalized spacial score (nSPS) is 32.6. The number of rotatable bonds is 4. The first kappa shape index (κ1) is 10.5. The van der Waals surface area contributed by atoms with Crippen LogP contribution in [-0.4, -0.2) is 37.2 Å². The lowest BCUT2D eigenvalue weighted by Gasteiger charge is -2.19. The second-order valence-corrected chi connectivity index (χ2v) is 4.09. The van der Waals surface area contributed by atoms with Crippen molar-refractivity contribution in [2.75, 3.05) is 13.1 Å².